The maximum atomic E-state index is 12.6. The summed E-state index contributed by atoms with van der Waals surface area (Å²) in [5.74, 6) is -1.11. The number of ether oxygens (including phenoxy) is 3. The van der Waals surface area contributed by atoms with Crippen molar-refractivity contribution in [2.24, 2.45) is 0 Å². The SMILES string of the molecule is COC(=O)C1=CN(Cc2ccc(OC)cc2)C=C(C(=O)OC)C1c1cccc(O)c1. The molecular weight excluding hydrogens is 386 g/mol. The second-order valence-corrected chi connectivity index (χ2v) is 6.70. The van der Waals surface area contributed by atoms with E-state index in [9.17, 15) is 14.7 Å². The first-order valence-corrected chi connectivity index (χ1v) is 9.24. The van der Waals surface area contributed by atoms with Crippen LogP contribution in [-0.2, 0) is 25.6 Å². The Morgan fingerprint density at radius 1 is 0.933 bits per heavy atom. The largest absolute Gasteiger partial charge is 0.508 e. The van der Waals surface area contributed by atoms with Crippen LogP contribution < -0.4 is 4.74 Å². The average Bonchev–Trinajstić information content (AvgIpc) is 2.77. The minimum absolute atomic E-state index is 0.0293. The van der Waals surface area contributed by atoms with Crippen molar-refractivity contribution >= 4 is 11.9 Å². The molecule has 3 rings (SSSR count). The van der Waals surface area contributed by atoms with Gasteiger partial charge >= 0.3 is 11.9 Å². The van der Waals surface area contributed by atoms with Crippen molar-refractivity contribution in [3.05, 3.63) is 83.2 Å². The molecule has 0 bridgehead atoms. The fraction of sp³-hybridized carbons (Fsp3) is 0.217. The van der Waals surface area contributed by atoms with Crippen molar-refractivity contribution in [1.29, 1.82) is 0 Å². The van der Waals surface area contributed by atoms with E-state index in [-0.39, 0.29) is 16.9 Å². The van der Waals surface area contributed by atoms with Crippen molar-refractivity contribution in [1.82, 2.24) is 4.90 Å². The Balaban J connectivity index is 2.04. The highest BCUT2D eigenvalue weighted by atomic mass is 16.5. The third kappa shape index (κ3) is 4.46. The zero-order valence-electron chi connectivity index (χ0n) is 17.0. The summed E-state index contributed by atoms with van der Waals surface area (Å²) in [5.41, 5.74) is 2.05. The molecule has 1 aliphatic rings. The Labute approximate surface area is 174 Å². The Morgan fingerprint density at radius 2 is 1.53 bits per heavy atom. The maximum Gasteiger partial charge on any atom is 0.336 e. The number of hydrogen-bond acceptors (Lipinski definition) is 7. The molecule has 2 aromatic carbocycles. The van der Waals surface area contributed by atoms with Crippen LogP contribution in [0, 0.1) is 0 Å². The van der Waals surface area contributed by atoms with Crippen LogP contribution in [0.2, 0.25) is 0 Å². The van der Waals surface area contributed by atoms with Gasteiger partial charge in [-0.25, -0.2) is 9.59 Å². The van der Waals surface area contributed by atoms with E-state index in [0.29, 0.717) is 12.1 Å². The smallest absolute Gasteiger partial charge is 0.336 e. The Kier molecular flexibility index (Phi) is 6.41. The summed E-state index contributed by atoms with van der Waals surface area (Å²) in [6.45, 7) is 0.414. The molecule has 0 saturated heterocycles. The summed E-state index contributed by atoms with van der Waals surface area (Å²) in [6, 6.07) is 13.9. The molecule has 1 heterocycles. The zero-order chi connectivity index (χ0) is 21.7. The minimum Gasteiger partial charge on any atom is -0.508 e. The third-order valence-corrected chi connectivity index (χ3v) is 4.80. The van der Waals surface area contributed by atoms with Crippen LogP contribution in [0.4, 0.5) is 0 Å². The van der Waals surface area contributed by atoms with E-state index in [0.717, 1.165) is 11.3 Å². The number of methoxy groups -OCH3 is 3. The summed E-state index contributed by atoms with van der Waals surface area (Å²) in [5, 5.41) is 9.91. The monoisotopic (exact) mass is 409 g/mol. The van der Waals surface area contributed by atoms with E-state index in [1.807, 2.05) is 24.3 Å². The van der Waals surface area contributed by atoms with Crippen molar-refractivity contribution < 1.29 is 28.9 Å². The molecule has 0 unspecified atom stereocenters. The fourth-order valence-corrected chi connectivity index (χ4v) is 3.38. The molecule has 30 heavy (non-hydrogen) atoms. The fourth-order valence-electron chi connectivity index (χ4n) is 3.38. The van der Waals surface area contributed by atoms with Gasteiger partial charge in [-0.2, -0.15) is 0 Å². The van der Waals surface area contributed by atoms with E-state index in [2.05, 4.69) is 0 Å². The molecule has 0 aliphatic carbocycles. The van der Waals surface area contributed by atoms with E-state index < -0.39 is 17.9 Å². The highest BCUT2D eigenvalue weighted by molar-refractivity contribution is 5.98. The number of aromatic hydroxyl groups is 1. The van der Waals surface area contributed by atoms with Crippen LogP contribution in [0.3, 0.4) is 0 Å². The van der Waals surface area contributed by atoms with Gasteiger partial charge in [0.15, 0.2) is 0 Å². The zero-order valence-corrected chi connectivity index (χ0v) is 17.0. The summed E-state index contributed by atoms with van der Waals surface area (Å²) in [6.07, 6.45) is 3.30. The number of phenolic OH excluding ortho intramolecular Hbond substituents is 1. The second kappa shape index (κ2) is 9.17. The lowest BCUT2D eigenvalue weighted by atomic mass is 9.83. The molecule has 2 aromatic rings. The van der Waals surface area contributed by atoms with E-state index >= 15 is 0 Å². The van der Waals surface area contributed by atoms with Gasteiger partial charge in [0.1, 0.15) is 11.5 Å². The first-order valence-electron chi connectivity index (χ1n) is 9.24. The number of carbonyl (C=O) groups excluding carboxylic acids is 2. The van der Waals surface area contributed by atoms with Gasteiger partial charge in [0.05, 0.1) is 38.4 Å². The highest BCUT2D eigenvalue weighted by Gasteiger charge is 2.35. The molecule has 0 fully saturated rings. The van der Waals surface area contributed by atoms with Crippen LogP contribution in [0.15, 0.2) is 72.1 Å². The van der Waals surface area contributed by atoms with Crippen LogP contribution in [0.5, 0.6) is 11.5 Å². The molecule has 0 spiro atoms. The Hall–Kier alpha value is -3.74. The molecular formula is C23H23NO6. The summed E-state index contributed by atoms with van der Waals surface area (Å²) in [7, 11) is 4.16. The number of benzene rings is 2. The van der Waals surface area contributed by atoms with Crippen LogP contribution >= 0.6 is 0 Å². The number of nitrogens with zero attached hydrogens (tertiary/aromatic N) is 1. The van der Waals surface area contributed by atoms with E-state index in [1.165, 1.54) is 26.4 Å². The summed E-state index contributed by atoms with van der Waals surface area (Å²) in [4.78, 5) is 26.9. The Morgan fingerprint density at radius 3 is 2.03 bits per heavy atom. The standard InChI is InChI=1S/C23H23NO6/c1-28-18-9-7-15(8-10-18)12-24-13-19(22(26)29-2)21(20(14-24)23(27)30-3)16-5-4-6-17(25)11-16/h4-11,13-14,21,25H,12H2,1-3H3. The van der Waals surface area contributed by atoms with Crippen molar-refractivity contribution in [3.8, 4) is 11.5 Å². The predicted octanol–water partition coefficient (Wildman–Crippen LogP) is 3.11. The van der Waals surface area contributed by atoms with Gasteiger partial charge in [0.25, 0.3) is 0 Å². The highest BCUT2D eigenvalue weighted by Crippen LogP contribution is 2.38. The van der Waals surface area contributed by atoms with Gasteiger partial charge in [0, 0.05) is 18.9 Å². The lowest BCUT2D eigenvalue weighted by molar-refractivity contribution is -0.137. The van der Waals surface area contributed by atoms with Gasteiger partial charge in [-0.05, 0) is 35.4 Å². The van der Waals surface area contributed by atoms with Crippen molar-refractivity contribution in [3.63, 3.8) is 0 Å². The number of rotatable bonds is 6. The molecule has 0 aromatic heterocycles. The van der Waals surface area contributed by atoms with Gasteiger partial charge < -0.3 is 24.2 Å². The number of phenols is 1. The topological polar surface area (TPSA) is 85.3 Å². The summed E-state index contributed by atoms with van der Waals surface area (Å²) < 4.78 is 15.1. The minimum atomic E-state index is -0.732. The lowest BCUT2D eigenvalue weighted by Gasteiger charge is -2.30. The molecule has 0 atom stereocenters. The summed E-state index contributed by atoms with van der Waals surface area (Å²) >= 11 is 0. The lowest BCUT2D eigenvalue weighted by Crippen LogP contribution is -2.28. The predicted molar refractivity (Wildman–Crippen MR) is 110 cm³/mol. The van der Waals surface area contributed by atoms with E-state index in [1.54, 1.807) is 36.5 Å². The van der Waals surface area contributed by atoms with Gasteiger partial charge in [-0.15, -0.1) is 0 Å². The molecule has 1 aliphatic heterocycles. The van der Waals surface area contributed by atoms with Crippen molar-refractivity contribution in [2.45, 2.75) is 12.5 Å². The molecule has 0 amide bonds. The average molecular weight is 409 g/mol. The molecule has 156 valence electrons. The first kappa shape index (κ1) is 21.0. The molecule has 7 heteroatoms. The van der Waals surface area contributed by atoms with Crippen molar-refractivity contribution in [2.75, 3.05) is 21.3 Å². The number of carbonyl (C=O) groups is 2. The van der Waals surface area contributed by atoms with Gasteiger partial charge in [-0.3, -0.25) is 0 Å². The molecule has 1 N–H and O–H groups in total. The molecule has 7 nitrogen and oxygen atoms in total. The van der Waals surface area contributed by atoms with E-state index in [4.69, 9.17) is 14.2 Å². The third-order valence-electron chi connectivity index (χ3n) is 4.80. The maximum absolute atomic E-state index is 12.6. The van der Waals surface area contributed by atoms with Crippen LogP contribution in [0.25, 0.3) is 0 Å². The quantitative estimate of drug-likeness (QED) is 0.734. The number of hydrogen-bond donors (Lipinski definition) is 1. The molecule has 0 saturated carbocycles. The molecule has 0 radical (unpaired) electrons. The van der Waals surface area contributed by atoms with Gasteiger partial charge in [0.2, 0.25) is 0 Å². The van der Waals surface area contributed by atoms with Crippen LogP contribution in [0.1, 0.15) is 17.0 Å². The van der Waals surface area contributed by atoms with Gasteiger partial charge in [-0.1, -0.05) is 24.3 Å². The normalized spacial score (nSPS) is 13.9. The first-order chi connectivity index (χ1) is 14.5. The Bertz CT molecular complexity index is 959. The second-order valence-electron chi connectivity index (χ2n) is 6.70. The van der Waals surface area contributed by atoms with Crippen LogP contribution in [-0.4, -0.2) is 43.3 Å². The number of esters is 2.